The number of imidazole rings is 1. The highest BCUT2D eigenvalue weighted by molar-refractivity contribution is 7.99. The molecular weight excluding hydrogens is 454 g/mol. The summed E-state index contributed by atoms with van der Waals surface area (Å²) >= 11 is 1.39. The average Bonchev–Trinajstić information content (AvgIpc) is 3.35. The summed E-state index contributed by atoms with van der Waals surface area (Å²) in [5.41, 5.74) is 5.33. The summed E-state index contributed by atoms with van der Waals surface area (Å²) in [6, 6.07) is 16.2. The van der Waals surface area contributed by atoms with Crippen LogP contribution in [0.5, 0.6) is 0 Å². The van der Waals surface area contributed by atoms with Gasteiger partial charge in [-0.05, 0) is 50.5 Å². The summed E-state index contributed by atoms with van der Waals surface area (Å²) in [5, 5.41) is 0.738. The first-order chi connectivity index (χ1) is 15.8. The molecule has 1 fully saturated rings. The minimum Gasteiger partial charge on any atom is -0.338 e. The molecule has 0 radical (unpaired) electrons. The van der Waals surface area contributed by atoms with Gasteiger partial charge >= 0.3 is 0 Å². The molecule has 4 rings (SSSR count). The molecule has 0 spiro atoms. The molecular formula is C25H29N3O3S2. The number of aromatic nitrogens is 2. The number of hydrogen-bond donors (Lipinski definition) is 0. The molecule has 8 heteroatoms. The molecule has 6 nitrogen and oxygen atoms in total. The third-order valence-corrected chi connectivity index (χ3v) is 8.59. The molecule has 0 bridgehead atoms. The van der Waals surface area contributed by atoms with Gasteiger partial charge in [-0.25, -0.2) is 13.4 Å². The van der Waals surface area contributed by atoms with Gasteiger partial charge in [0.15, 0.2) is 15.0 Å². The number of amides is 1. The Morgan fingerprint density at radius 3 is 2.45 bits per heavy atom. The van der Waals surface area contributed by atoms with Crippen LogP contribution >= 0.6 is 11.8 Å². The standard InChI is InChI=1S/C25H29N3O3S2/c1-4-27(21-10-11-33(30,31)17-21)24(29)16-32-25-26-15-23(20-8-6-5-7-9-20)28(25)22-13-18(2)12-19(3)14-22/h5-9,12-15,21H,4,10-11,16-17H2,1-3H3. The fraction of sp³-hybridized carbons (Fsp3) is 0.360. The van der Waals surface area contributed by atoms with Gasteiger partial charge < -0.3 is 4.90 Å². The number of rotatable bonds is 7. The summed E-state index contributed by atoms with van der Waals surface area (Å²) in [6.07, 6.45) is 2.36. The highest BCUT2D eigenvalue weighted by atomic mass is 32.2. The van der Waals surface area contributed by atoms with Crippen molar-refractivity contribution in [3.63, 3.8) is 0 Å². The molecule has 0 aliphatic carbocycles. The van der Waals surface area contributed by atoms with Crippen LogP contribution in [0.25, 0.3) is 16.9 Å². The lowest BCUT2D eigenvalue weighted by atomic mass is 10.1. The molecule has 1 saturated heterocycles. The number of thioether (sulfide) groups is 1. The summed E-state index contributed by atoms with van der Waals surface area (Å²) < 4.78 is 25.9. The summed E-state index contributed by atoms with van der Waals surface area (Å²) in [6.45, 7) is 6.54. The van der Waals surface area contributed by atoms with E-state index in [4.69, 9.17) is 0 Å². The number of benzene rings is 2. The van der Waals surface area contributed by atoms with Gasteiger partial charge in [-0.15, -0.1) is 0 Å². The summed E-state index contributed by atoms with van der Waals surface area (Å²) in [7, 11) is -3.05. The van der Waals surface area contributed by atoms with E-state index >= 15 is 0 Å². The van der Waals surface area contributed by atoms with Gasteiger partial charge in [-0.2, -0.15) is 0 Å². The van der Waals surface area contributed by atoms with Crippen LogP contribution in [-0.4, -0.2) is 58.6 Å². The van der Waals surface area contributed by atoms with Crippen molar-refractivity contribution in [3.05, 3.63) is 65.9 Å². The van der Waals surface area contributed by atoms with Crippen molar-refractivity contribution in [2.24, 2.45) is 0 Å². The molecule has 2 aromatic carbocycles. The summed E-state index contributed by atoms with van der Waals surface area (Å²) in [4.78, 5) is 19.4. The predicted octanol–water partition coefficient (Wildman–Crippen LogP) is 4.28. The fourth-order valence-corrected chi connectivity index (χ4v) is 7.06. The van der Waals surface area contributed by atoms with E-state index in [0.29, 0.717) is 13.0 Å². The van der Waals surface area contributed by atoms with E-state index in [2.05, 4.69) is 53.7 Å². The second kappa shape index (κ2) is 9.73. The van der Waals surface area contributed by atoms with E-state index in [9.17, 15) is 13.2 Å². The second-order valence-electron chi connectivity index (χ2n) is 8.50. The van der Waals surface area contributed by atoms with Gasteiger partial charge in [-0.1, -0.05) is 48.2 Å². The third kappa shape index (κ3) is 5.33. The van der Waals surface area contributed by atoms with Crippen LogP contribution in [0.3, 0.4) is 0 Å². The second-order valence-corrected chi connectivity index (χ2v) is 11.7. The van der Waals surface area contributed by atoms with Crippen molar-refractivity contribution >= 4 is 27.5 Å². The maximum Gasteiger partial charge on any atom is 0.233 e. The maximum atomic E-state index is 13.1. The number of hydrogen-bond acceptors (Lipinski definition) is 5. The first kappa shape index (κ1) is 23.6. The van der Waals surface area contributed by atoms with Crippen LogP contribution in [0.4, 0.5) is 0 Å². The van der Waals surface area contributed by atoms with E-state index in [-0.39, 0.29) is 29.2 Å². The maximum absolute atomic E-state index is 13.1. The molecule has 0 N–H and O–H groups in total. The van der Waals surface area contributed by atoms with Crippen molar-refractivity contribution in [1.29, 1.82) is 0 Å². The quantitative estimate of drug-likeness (QED) is 0.469. The summed E-state index contributed by atoms with van der Waals surface area (Å²) in [5.74, 6) is 0.375. The Morgan fingerprint density at radius 2 is 1.85 bits per heavy atom. The number of nitrogens with zero attached hydrogens (tertiary/aromatic N) is 3. The monoisotopic (exact) mass is 483 g/mol. The molecule has 33 heavy (non-hydrogen) atoms. The third-order valence-electron chi connectivity index (χ3n) is 5.90. The van der Waals surface area contributed by atoms with Crippen LogP contribution in [0, 0.1) is 13.8 Å². The Morgan fingerprint density at radius 1 is 1.15 bits per heavy atom. The van der Waals surface area contributed by atoms with E-state index in [1.165, 1.54) is 11.8 Å². The van der Waals surface area contributed by atoms with Gasteiger partial charge in [0.05, 0.1) is 29.1 Å². The molecule has 1 aliphatic rings. The smallest absolute Gasteiger partial charge is 0.233 e. The topological polar surface area (TPSA) is 72.3 Å². The zero-order valence-electron chi connectivity index (χ0n) is 19.2. The normalized spacial score (nSPS) is 17.2. The van der Waals surface area contributed by atoms with Gasteiger partial charge in [0.1, 0.15) is 0 Å². The molecule has 1 amide bonds. The van der Waals surface area contributed by atoms with E-state index in [1.807, 2.05) is 31.3 Å². The van der Waals surface area contributed by atoms with Crippen molar-refractivity contribution in [3.8, 4) is 16.9 Å². The molecule has 3 aromatic rings. The number of carbonyl (C=O) groups is 1. The number of aryl methyl sites for hydroxylation is 2. The van der Waals surface area contributed by atoms with Crippen molar-refractivity contribution in [2.75, 3.05) is 23.8 Å². The first-order valence-corrected chi connectivity index (χ1v) is 13.9. The average molecular weight is 484 g/mol. The Labute approximate surface area is 199 Å². The van der Waals surface area contributed by atoms with Gasteiger partial charge in [-0.3, -0.25) is 9.36 Å². The molecule has 1 aliphatic heterocycles. The van der Waals surface area contributed by atoms with E-state index in [1.54, 1.807) is 4.90 Å². The number of carbonyl (C=O) groups excluding carboxylic acids is 1. The fourth-order valence-electron chi connectivity index (χ4n) is 4.45. The predicted molar refractivity (Wildman–Crippen MR) is 134 cm³/mol. The Hall–Kier alpha value is -2.58. The van der Waals surface area contributed by atoms with Crippen LogP contribution < -0.4 is 0 Å². The van der Waals surface area contributed by atoms with Crippen molar-refractivity contribution < 1.29 is 13.2 Å². The van der Waals surface area contributed by atoms with Gasteiger partial charge in [0, 0.05) is 23.8 Å². The van der Waals surface area contributed by atoms with Gasteiger partial charge in [0.2, 0.25) is 5.91 Å². The minimum absolute atomic E-state index is 0.0548. The Balaban J connectivity index is 1.63. The minimum atomic E-state index is -3.05. The zero-order valence-corrected chi connectivity index (χ0v) is 20.8. The molecule has 1 unspecified atom stereocenters. The van der Waals surface area contributed by atoms with Gasteiger partial charge in [0.25, 0.3) is 0 Å². The lowest BCUT2D eigenvalue weighted by Gasteiger charge is -2.26. The molecule has 1 aromatic heterocycles. The first-order valence-electron chi connectivity index (χ1n) is 11.1. The number of sulfone groups is 1. The lowest BCUT2D eigenvalue weighted by Crippen LogP contribution is -2.42. The zero-order chi connectivity index (χ0) is 23.6. The molecule has 174 valence electrons. The van der Waals surface area contributed by atoms with Crippen molar-refractivity contribution in [1.82, 2.24) is 14.5 Å². The van der Waals surface area contributed by atoms with E-state index in [0.717, 1.165) is 33.2 Å². The molecule has 2 heterocycles. The highest BCUT2D eigenvalue weighted by Crippen LogP contribution is 2.31. The van der Waals surface area contributed by atoms with E-state index < -0.39 is 9.84 Å². The van der Waals surface area contributed by atoms with Crippen molar-refractivity contribution in [2.45, 2.75) is 38.4 Å². The van der Waals surface area contributed by atoms with Crippen LogP contribution in [0.15, 0.2) is 59.9 Å². The lowest BCUT2D eigenvalue weighted by molar-refractivity contribution is -0.129. The molecule has 0 saturated carbocycles. The van der Waals surface area contributed by atoms with Crippen LogP contribution in [0.1, 0.15) is 24.5 Å². The Bertz CT molecular complexity index is 1230. The molecule has 1 atom stereocenters. The van der Waals surface area contributed by atoms with Crippen LogP contribution in [-0.2, 0) is 14.6 Å². The highest BCUT2D eigenvalue weighted by Gasteiger charge is 2.34. The largest absolute Gasteiger partial charge is 0.338 e. The SMILES string of the molecule is CCN(C(=O)CSc1ncc(-c2ccccc2)n1-c1cc(C)cc(C)c1)C1CCS(=O)(=O)C1. The Kier molecular flexibility index (Phi) is 6.95. The van der Waals surface area contributed by atoms with Crippen LogP contribution in [0.2, 0.25) is 0 Å².